The van der Waals surface area contributed by atoms with Gasteiger partial charge in [0.05, 0.1) is 6.42 Å². The van der Waals surface area contributed by atoms with Crippen LogP contribution in [0.2, 0.25) is 0 Å². The van der Waals surface area contributed by atoms with Gasteiger partial charge in [-0.25, -0.2) is 4.98 Å². The maximum absolute atomic E-state index is 11.5. The molecule has 1 aromatic heterocycles. The van der Waals surface area contributed by atoms with Gasteiger partial charge in [-0.2, -0.15) is 0 Å². The molecule has 0 N–H and O–H groups in total. The third kappa shape index (κ3) is 1.64. The summed E-state index contributed by atoms with van der Waals surface area (Å²) in [6, 6.07) is 5.39. The monoisotopic (exact) mass is 190 g/mol. The fourth-order valence-corrected chi connectivity index (χ4v) is 1.47. The lowest BCUT2D eigenvalue weighted by molar-refractivity contribution is -0.128. The van der Waals surface area contributed by atoms with Gasteiger partial charge in [-0.3, -0.25) is 14.5 Å². The zero-order valence-corrected chi connectivity index (χ0v) is 7.64. The van der Waals surface area contributed by atoms with Crippen LogP contribution >= 0.6 is 0 Å². The Kier molecular flexibility index (Phi) is 2.26. The van der Waals surface area contributed by atoms with Gasteiger partial charge < -0.3 is 0 Å². The van der Waals surface area contributed by atoms with E-state index in [1.165, 1.54) is 0 Å². The van der Waals surface area contributed by atoms with Crippen LogP contribution in [0.15, 0.2) is 24.4 Å². The summed E-state index contributed by atoms with van der Waals surface area (Å²) in [5, 5.41) is 0. The Morgan fingerprint density at radius 3 is 2.79 bits per heavy atom. The van der Waals surface area contributed by atoms with Gasteiger partial charge in [-0.05, 0) is 12.1 Å². The summed E-state index contributed by atoms with van der Waals surface area (Å²) >= 11 is 0. The Hall–Kier alpha value is -1.71. The molecule has 14 heavy (non-hydrogen) atoms. The van der Waals surface area contributed by atoms with Crippen LogP contribution in [0.4, 0.5) is 5.82 Å². The molecule has 0 unspecified atom stereocenters. The number of hydrogen-bond donors (Lipinski definition) is 0. The molecular weight excluding hydrogens is 180 g/mol. The average Bonchev–Trinajstić information content (AvgIpc) is 2.19. The van der Waals surface area contributed by atoms with Crippen LogP contribution in [0.5, 0.6) is 0 Å². The first-order valence-corrected chi connectivity index (χ1v) is 4.50. The summed E-state index contributed by atoms with van der Waals surface area (Å²) in [6.07, 6.45) is 2.08. The van der Waals surface area contributed by atoms with Crippen LogP contribution in [-0.4, -0.2) is 23.2 Å². The smallest absolute Gasteiger partial charge is 0.235 e. The topological polar surface area (TPSA) is 50.3 Å². The van der Waals surface area contributed by atoms with Crippen molar-refractivity contribution in [3.05, 3.63) is 24.4 Å². The van der Waals surface area contributed by atoms with E-state index in [0.29, 0.717) is 18.8 Å². The lowest BCUT2D eigenvalue weighted by Gasteiger charge is -2.24. The van der Waals surface area contributed by atoms with Crippen LogP contribution in [0.25, 0.3) is 0 Å². The number of Topliss-reactive ketones (excluding diaryl/α,β-unsaturated/α-hetero) is 1. The summed E-state index contributed by atoms with van der Waals surface area (Å²) in [5.41, 5.74) is 0. The number of hydrogen-bond acceptors (Lipinski definition) is 3. The third-order valence-electron chi connectivity index (χ3n) is 2.19. The number of rotatable bonds is 1. The SMILES string of the molecule is O=C1CCN(c2ccccn2)C(=O)C1. The van der Waals surface area contributed by atoms with Crippen molar-refractivity contribution in [1.82, 2.24) is 4.98 Å². The molecule has 1 fully saturated rings. The zero-order valence-electron chi connectivity index (χ0n) is 7.64. The minimum absolute atomic E-state index is 0.0105. The minimum Gasteiger partial charge on any atom is -0.299 e. The molecule has 1 aliphatic rings. The Morgan fingerprint density at radius 1 is 1.29 bits per heavy atom. The standard InChI is InChI=1S/C10H10N2O2/c13-8-4-6-12(10(14)7-8)9-3-1-2-5-11-9/h1-3,5H,4,6-7H2. The number of ketones is 1. The molecule has 0 saturated carbocycles. The predicted molar refractivity (Wildman–Crippen MR) is 50.8 cm³/mol. The fraction of sp³-hybridized carbons (Fsp3) is 0.300. The first-order valence-electron chi connectivity index (χ1n) is 4.50. The van der Waals surface area contributed by atoms with Crippen molar-refractivity contribution >= 4 is 17.5 Å². The number of carbonyl (C=O) groups excluding carboxylic acids is 2. The first-order chi connectivity index (χ1) is 6.77. The van der Waals surface area contributed by atoms with Gasteiger partial charge in [0.2, 0.25) is 5.91 Å². The van der Waals surface area contributed by atoms with E-state index >= 15 is 0 Å². The molecule has 0 atom stereocenters. The Bertz CT molecular complexity index is 362. The van der Waals surface area contributed by atoms with Crippen molar-refractivity contribution in [2.24, 2.45) is 0 Å². The third-order valence-corrected chi connectivity index (χ3v) is 2.19. The van der Waals surface area contributed by atoms with E-state index in [0.717, 1.165) is 0 Å². The highest BCUT2D eigenvalue weighted by Crippen LogP contribution is 2.15. The van der Waals surface area contributed by atoms with E-state index in [1.807, 2.05) is 6.07 Å². The van der Waals surface area contributed by atoms with E-state index in [1.54, 1.807) is 23.2 Å². The number of piperidine rings is 1. The van der Waals surface area contributed by atoms with Gasteiger partial charge >= 0.3 is 0 Å². The van der Waals surface area contributed by atoms with Gasteiger partial charge in [0, 0.05) is 19.2 Å². The molecule has 0 bridgehead atoms. The van der Waals surface area contributed by atoms with E-state index in [9.17, 15) is 9.59 Å². The molecule has 4 nitrogen and oxygen atoms in total. The Labute approximate surface area is 81.6 Å². The quantitative estimate of drug-likeness (QED) is 0.615. The van der Waals surface area contributed by atoms with E-state index in [-0.39, 0.29) is 18.1 Å². The molecule has 0 aromatic carbocycles. The largest absolute Gasteiger partial charge is 0.299 e. The van der Waals surface area contributed by atoms with Crippen LogP contribution in [-0.2, 0) is 9.59 Å². The molecule has 1 aromatic rings. The summed E-state index contributed by atoms with van der Waals surface area (Å²) in [7, 11) is 0. The van der Waals surface area contributed by atoms with Crippen molar-refractivity contribution in [2.45, 2.75) is 12.8 Å². The molecule has 2 rings (SSSR count). The van der Waals surface area contributed by atoms with E-state index in [2.05, 4.69) is 4.98 Å². The highest BCUT2D eigenvalue weighted by atomic mass is 16.2. The number of carbonyl (C=O) groups is 2. The highest BCUT2D eigenvalue weighted by Gasteiger charge is 2.25. The minimum atomic E-state index is -0.153. The average molecular weight is 190 g/mol. The molecular formula is C10H10N2O2. The number of anilines is 1. The van der Waals surface area contributed by atoms with Crippen molar-refractivity contribution in [2.75, 3.05) is 11.4 Å². The van der Waals surface area contributed by atoms with Crippen LogP contribution < -0.4 is 4.90 Å². The molecule has 1 amide bonds. The van der Waals surface area contributed by atoms with Gasteiger partial charge in [0.25, 0.3) is 0 Å². The summed E-state index contributed by atoms with van der Waals surface area (Å²) in [4.78, 5) is 28.1. The molecule has 1 aliphatic heterocycles. The molecule has 2 heterocycles. The van der Waals surface area contributed by atoms with Crippen molar-refractivity contribution in [1.29, 1.82) is 0 Å². The fourth-order valence-electron chi connectivity index (χ4n) is 1.47. The first kappa shape index (κ1) is 8.87. The molecule has 0 aliphatic carbocycles. The second-order valence-electron chi connectivity index (χ2n) is 3.20. The number of pyridine rings is 1. The van der Waals surface area contributed by atoms with Crippen molar-refractivity contribution < 1.29 is 9.59 Å². The van der Waals surface area contributed by atoms with Crippen molar-refractivity contribution in [3.8, 4) is 0 Å². The molecule has 0 radical (unpaired) electrons. The number of nitrogens with zero attached hydrogens (tertiary/aromatic N) is 2. The van der Waals surface area contributed by atoms with Crippen LogP contribution in [0.1, 0.15) is 12.8 Å². The molecule has 0 spiro atoms. The maximum atomic E-state index is 11.5. The Morgan fingerprint density at radius 2 is 2.14 bits per heavy atom. The lowest BCUT2D eigenvalue weighted by atomic mass is 10.1. The van der Waals surface area contributed by atoms with E-state index < -0.39 is 0 Å². The summed E-state index contributed by atoms with van der Waals surface area (Å²) in [6.45, 7) is 0.453. The predicted octanol–water partition coefficient (Wildman–Crippen LogP) is 0.777. The second-order valence-corrected chi connectivity index (χ2v) is 3.20. The summed E-state index contributed by atoms with van der Waals surface area (Å²) < 4.78 is 0. The van der Waals surface area contributed by atoms with E-state index in [4.69, 9.17) is 0 Å². The van der Waals surface area contributed by atoms with Gasteiger partial charge in [0.1, 0.15) is 11.6 Å². The molecule has 4 heteroatoms. The van der Waals surface area contributed by atoms with Gasteiger partial charge in [-0.15, -0.1) is 0 Å². The Balaban J connectivity index is 2.20. The van der Waals surface area contributed by atoms with Gasteiger partial charge in [-0.1, -0.05) is 6.07 Å². The molecule has 1 saturated heterocycles. The van der Waals surface area contributed by atoms with Crippen molar-refractivity contribution in [3.63, 3.8) is 0 Å². The highest BCUT2D eigenvalue weighted by molar-refractivity contribution is 6.08. The summed E-state index contributed by atoms with van der Waals surface area (Å²) in [5.74, 6) is 0.493. The zero-order chi connectivity index (χ0) is 9.97. The lowest BCUT2D eigenvalue weighted by Crippen LogP contribution is -2.39. The van der Waals surface area contributed by atoms with Gasteiger partial charge in [0.15, 0.2) is 0 Å². The second kappa shape index (κ2) is 3.57. The van der Waals surface area contributed by atoms with Crippen LogP contribution in [0, 0.1) is 0 Å². The normalized spacial score (nSPS) is 17.3. The maximum Gasteiger partial charge on any atom is 0.235 e. The van der Waals surface area contributed by atoms with Crippen LogP contribution in [0.3, 0.4) is 0 Å². The molecule has 72 valence electrons. The number of amides is 1. The number of aromatic nitrogens is 1.